The molecule has 3 aliphatic rings. The van der Waals surface area contributed by atoms with Crippen LogP contribution in [0.5, 0.6) is 0 Å². The smallest absolute Gasteiger partial charge is 0.191 e. The van der Waals surface area contributed by atoms with Gasteiger partial charge in [0.25, 0.3) is 0 Å². The van der Waals surface area contributed by atoms with Crippen LogP contribution < -0.4 is 5.73 Å². The standard InChI is InChI=1S/C14H25N3O.BrH/c15-14(17-6-8-18-9-7-17)16-13-10-12(13)11-4-2-1-3-5-11;/h11-13H,1-10H2,(H2,15,16);1H/t12-,13+;/m0./s1. The Bertz CT molecular complexity index is 312. The summed E-state index contributed by atoms with van der Waals surface area (Å²) in [6, 6.07) is 0.524. The van der Waals surface area contributed by atoms with Gasteiger partial charge in [-0.2, -0.15) is 0 Å². The molecule has 110 valence electrons. The summed E-state index contributed by atoms with van der Waals surface area (Å²) in [4.78, 5) is 6.90. The van der Waals surface area contributed by atoms with E-state index in [9.17, 15) is 0 Å². The zero-order valence-electron chi connectivity index (χ0n) is 11.6. The van der Waals surface area contributed by atoms with Gasteiger partial charge in [-0.25, -0.2) is 4.99 Å². The van der Waals surface area contributed by atoms with E-state index in [2.05, 4.69) is 4.90 Å². The Morgan fingerprint density at radius 1 is 1.11 bits per heavy atom. The quantitative estimate of drug-likeness (QED) is 0.623. The number of rotatable bonds is 2. The van der Waals surface area contributed by atoms with Gasteiger partial charge in [0.1, 0.15) is 0 Å². The molecule has 0 amide bonds. The summed E-state index contributed by atoms with van der Waals surface area (Å²) in [5.41, 5.74) is 6.10. The maximum absolute atomic E-state index is 6.10. The normalized spacial score (nSPS) is 32.8. The number of halogens is 1. The van der Waals surface area contributed by atoms with Crippen LogP contribution in [-0.4, -0.2) is 43.2 Å². The van der Waals surface area contributed by atoms with Gasteiger partial charge in [0.15, 0.2) is 5.96 Å². The molecule has 2 N–H and O–H groups in total. The first kappa shape index (κ1) is 15.1. The fourth-order valence-corrected chi connectivity index (χ4v) is 3.46. The summed E-state index contributed by atoms with van der Waals surface area (Å²) >= 11 is 0. The predicted molar refractivity (Wildman–Crippen MR) is 82.8 cm³/mol. The van der Waals surface area contributed by atoms with E-state index in [4.69, 9.17) is 15.5 Å². The van der Waals surface area contributed by atoms with Crippen LogP contribution in [0.4, 0.5) is 0 Å². The van der Waals surface area contributed by atoms with E-state index in [0.717, 1.165) is 44.1 Å². The maximum atomic E-state index is 6.10. The molecular formula is C14H26BrN3O. The van der Waals surface area contributed by atoms with Crippen molar-refractivity contribution in [3.05, 3.63) is 0 Å². The highest BCUT2D eigenvalue weighted by Crippen LogP contribution is 2.46. The van der Waals surface area contributed by atoms with Crippen molar-refractivity contribution in [2.45, 2.75) is 44.6 Å². The van der Waals surface area contributed by atoms with Crippen molar-refractivity contribution in [1.29, 1.82) is 0 Å². The summed E-state index contributed by atoms with van der Waals surface area (Å²) in [6.07, 6.45) is 8.41. The third-order valence-corrected chi connectivity index (χ3v) is 4.69. The summed E-state index contributed by atoms with van der Waals surface area (Å²) in [5, 5.41) is 0. The van der Waals surface area contributed by atoms with Gasteiger partial charge in [0, 0.05) is 13.1 Å². The number of nitrogens with zero attached hydrogens (tertiary/aromatic N) is 2. The van der Waals surface area contributed by atoms with Gasteiger partial charge in [0.05, 0.1) is 19.3 Å². The van der Waals surface area contributed by atoms with Gasteiger partial charge >= 0.3 is 0 Å². The minimum atomic E-state index is 0. The molecule has 0 aromatic heterocycles. The molecule has 1 heterocycles. The van der Waals surface area contributed by atoms with Crippen LogP contribution in [-0.2, 0) is 4.74 Å². The van der Waals surface area contributed by atoms with E-state index in [1.165, 1.54) is 38.5 Å². The van der Waals surface area contributed by atoms with Crippen molar-refractivity contribution >= 4 is 22.9 Å². The molecule has 0 aromatic carbocycles. The van der Waals surface area contributed by atoms with E-state index in [1.807, 2.05) is 0 Å². The zero-order chi connectivity index (χ0) is 12.4. The van der Waals surface area contributed by atoms with Crippen molar-refractivity contribution in [3.8, 4) is 0 Å². The lowest BCUT2D eigenvalue weighted by Gasteiger charge is -2.27. The van der Waals surface area contributed by atoms with Crippen LogP contribution in [0.3, 0.4) is 0 Å². The van der Waals surface area contributed by atoms with Gasteiger partial charge < -0.3 is 15.4 Å². The number of guanidine groups is 1. The first-order valence-corrected chi connectivity index (χ1v) is 7.50. The lowest BCUT2D eigenvalue weighted by atomic mass is 9.85. The first-order chi connectivity index (χ1) is 8.84. The molecule has 0 bridgehead atoms. The van der Waals surface area contributed by atoms with E-state index in [0.29, 0.717) is 6.04 Å². The molecule has 2 atom stereocenters. The number of aliphatic imine (C=N–C) groups is 1. The van der Waals surface area contributed by atoms with Crippen molar-refractivity contribution < 1.29 is 4.74 Å². The number of ether oxygens (including phenoxy) is 1. The molecule has 3 rings (SSSR count). The summed E-state index contributed by atoms with van der Waals surface area (Å²) < 4.78 is 5.33. The van der Waals surface area contributed by atoms with Gasteiger partial charge in [-0.3, -0.25) is 0 Å². The van der Waals surface area contributed by atoms with Crippen molar-refractivity contribution in [2.75, 3.05) is 26.3 Å². The lowest BCUT2D eigenvalue weighted by Crippen LogP contribution is -2.45. The molecule has 0 spiro atoms. The Morgan fingerprint density at radius 3 is 2.47 bits per heavy atom. The predicted octanol–water partition coefficient (Wildman–Crippen LogP) is 2.18. The third kappa shape index (κ3) is 3.85. The maximum Gasteiger partial charge on any atom is 0.191 e. The Morgan fingerprint density at radius 2 is 1.79 bits per heavy atom. The molecule has 5 heteroatoms. The molecule has 0 radical (unpaired) electrons. The Labute approximate surface area is 126 Å². The molecule has 1 aliphatic heterocycles. The Balaban J connectivity index is 0.00000133. The molecule has 1 saturated heterocycles. The van der Waals surface area contributed by atoms with Crippen LogP contribution in [0.25, 0.3) is 0 Å². The number of nitrogens with two attached hydrogens (primary N) is 1. The van der Waals surface area contributed by atoms with Crippen molar-refractivity contribution in [3.63, 3.8) is 0 Å². The number of morpholine rings is 1. The van der Waals surface area contributed by atoms with E-state index < -0.39 is 0 Å². The third-order valence-electron chi connectivity index (χ3n) is 4.69. The number of hydrogen-bond acceptors (Lipinski definition) is 2. The lowest BCUT2D eigenvalue weighted by molar-refractivity contribution is 0.0674. The van der Waals surface area contributed by atoms with E-state index >= 15 is 0 Å². The van der Waals surface area contributed by atoms with Crippen LogP contribution in [0, 0.1) is 11.8 Å². The van der Waals surface area contributed by atoms with E-state index in [1.54, 1.807) is 0 Å². The highest BCUT2D eigenvalue weighted by molar-refractivity contribution is 8.93. The average molecular weight is 332 g/mol. The SMILES string of the molecule is Br.NC(=N[C@@H]1C[C@H]1C1CCCCC1)N1CCOCC1. The Kier molecular flexibility index (Phi) is 5.51. The monoisotopic (exact) mass is 331 g/mol. The molecule has 0 aromatic rings. The second-order valence-corrected chi connectivity index (χ2v) is 5.95. The Hall–Kier alpha value is -0.290. The van der Waals surface area contributed by atoms with Crippen molar-refractivity contribution in [2.24, 2.45) is 22.6 Å². The van der Waals surface area contributed by atoms with Crippen LogP contribution in [0.2, 0.25) is 0 Å². The fraction of sp³-hybridized carbons (Fsp3) is 0.929. The highest BCUT2D eigenvalue weighted by atomic mass is 79.9. The molecule has 4 nitrogen and oxygen atoms in total. The van der Waals surface area contributed by atoms with Gasteiger partial charge in [0.2, 0.25) is 0 Å². The first-order valence-electron chi connectivity index (χ1n) is 7.50. The van der Waals surface area contributed by atoms with Gasteiger partial charge in [-0.15, -0.1) is 17.0 Å². The highest BCUT2D eigenvalue weighted by Gasteiger charge is 2.43. The average Bonchev–Trinajstić information content (AvgIpc) is 3.20. The van der Waals surface area contributed by atoms with Crippen LogP contribution in [0.15, 0.2) is 4.99 Å². The molecule has 2 saturated carbocycles. The minimum absolute atomic E-state index is 0. The fourth-order valence-electron chi connectivity index (χ4n) is 3.46. The molecular weight excluding hydrogens is 306 g/mol. The summed E-state index contributed by atoms with van der Waals surface area (Å²) in [7, 11) is 0. The molecule has 2 aliphatic carbocycles. The summed E-state index contributed by atoms with van der Waals surface area (Å²) in [6.45, 7) is 3.37. The summed E-state index contributed by atoms with van der Waals surface area (Å²) in [5.74, 6) is 2.52. The van der Waals surface area contributed by atoms with Crippen LogP contribution >= 0.6 is 17.0 Å². The zero-order valence-corrected chi connectivity index (χ0v) is 13.3. The topological polar surface area (TPSA) is 50.8 Å². The van der Waals surface area contributed by atoms with Crippen molar-refractivity contribution in [1.82, 2.24) is 4.90 Å². The van der Waals surface area contributed by atoms with Crippen LogP contribution in [0.1, 0.15) is 38.5 Å². The molecule has 19 heavy (non-hydrogen) atoms. The largest absolute Gasteiger partial charge is 0.378 e. The second kappa shape index (κ2) is 6.93. The second-order valence-electron chi connectivity index (χ2n) is 5.95. The molecule has 3 fully saturated rings. The molecule has 0 unspecified atom stereocenters. The van der Waals surface area contributed by atoms with Gasteiger partial charge in [-0.05, 0) is 18.3 Å². The minimum Gasteiger partial charge on any atom is -0.378 e. The van der Waals surface area contributed by atoms with Gasteiger partial charge in [-0.1, -0.05) is 32.1 Å². The van der Waals surface area contributed by atoms with E-state index in [-0.39, 0.29) is 17.0 Å². The number of hydrogen-bond donors (Lipinski definition) is 1.